The zero-order chi connectivity index (χ0) is 34.7. The largest absolute Gasteiger partial charge is 0.493 e. The number of hydrogen-bond donors (Lipinski definition) is 4. The molecule has 0 spiro atoms. The maximum absolute atomic E-state index is 14.5. The van der Waals surface area contributed by atoms with Crippen molar-refractivity contribution in [1.82, 2.24) is 19.1 Å². The first-order chi connectivity index (χ1) is 24.1. The fraction of sp³-hybridized carbons (Fsp3) is 0.0645. The molecule has 246 valence electrons. The molecular weight excluding hydrogens is 691 g/mol. The molecule has 19 heteroatoms. The van der Waals surface area contributed by atoms with Crippen LogP contribution in [0.25, 0.3) is 0 Å². The van der Waals surface area contributed by atoms with Crippen LogP contribution in [0.1, 0.15) is 27.4 Å². The van der Waals surface area contributed by atoms with Crippen LogP contribution >= 0.6 is 23.2 Å². The highest BCUT2D eigenvalue weighted by atomic mass is 35.5. The van der Waals surface area contributed by atoms with Gasteiger partial charge in [-0.1, -0.05) is 47.5 Å². The van der Waals surface area contributed by atoms with Gasteiger partial charge in [-0.2, -0.15) is 15.0 Å². The monoisotopic (exact) mass is 708 g/mol. The molecule has 17 nitrogen and oxygen atoms in total. The Labute approximate surface area is 289 Å². The number of nitrogens with zero attached hydrogens (tertiary/aromatic N) is 10. The number of aliphatic imine (C=N–C) groups is 2. The SMILES string of the molecule is O=C(/N=C1\N=Nc2nc(C3(c4nc(O)c5n4/C(=N/C(=O)Nc4ccc(Cl)cc4)N=N5)Cc4ccccc4C3=O)c(O)n21)Nc1ccc(Cl)cc1. The summed E-state index contributed by atoms with van der Waals surface area (Å²) in [5.74, 6) is -3.09. The number of carbonyl (C=O) groups is 3. The molecule has 3 aliphatic rings. The van der Waals surface area contributed by atoms with E-state index in [0.29, 0.717) is 32.5 Å². The number of amides is 4. The fourth-order valence-electron chi connectivity index (χ4n) is 5.84. The first-order valence-corrected chi connectivity index (χ1v) is 15.3. The van der Waals surface area contributed by atoms with Gasteiger partial charge in [-0.05, 0) is 60.5 Å². The average Bonchev–Trinajstić information content (AvgIpc) is 3.90. The number of Topliss-reactive ketones (excluding diaryl/α,β-unsaturated/α-hetero) is 1. The van der Waals surface area contributed by atoms with E-state index in [-0.39, 0.29) is 41.6 Å². The second-order valence-corrected chi connectivity index (χ2v) is 11.9. The first-order valence-electron chi connectivity index (χ1n) is 14.5. The number of hydrogen-bond acceptors (Lipinski definition) is 9. The van der Waals surface area contributed by atoms with Gasteiger partial charge in [-0.15, -0.1) is 20.5 Å². The average molecular weight is 709 g/mol. The molecule has 1 atom stereocenters. The van der Waals surface area contributed by atoms with Gasteiger partial charge < -0.3 is 20.8 Å². The molecule has 0 radical (unpaired) electrons. The van der Waals surface area contributed by atoms with E-state index in [1.165, 1.54) is 0 Å². The van der Waals surface area contributed by atoms with Crippen LogP contribution in [0.2, 0.25) is 10.0 Å². The molecule has 0 fully saturated rings. The number of azo groups is 2. The third-order valence-electron chi connectivity index (χ3n) is 8.02. The number of aromatic nitrogens is 4. The number of ketones is 1. The molecular formula is C31H18Cl2N12O5. The van der Waals surface area contributed by atoms with E-state index < -0.39 is 35.0 Å². The molecule has 8 rings (SSSR count). The molecule has 1 unspecified atom stereocenters. The quantitative estimate of drug-likeness (QED) is 0.160. The van der Waals surface area contributed by atoms with Gasteiger partial charge in [0.15, 0.2) is 5.78 Å². The van der Waals surface area contributed by atoms with Crippen molar-refractivity contribution in [2.24, 2.45) is 30.4 Å². The predicted octanol–water partition coefficient (Wildman–Crippen LogP) is 6.59. The van der Waals surface area contributed by atoms with Gasteiger partial charge in [-0.3, -0.25) is 4.79 Å². The fourth-order valence-corrected chi connectivity index (χ4v) is 6.09. The minimum Gasteiger partial charge on any atom is -0.493 e. The van der Waals surface area contributed by atoms with Gasteiger partial charge >= 0.3 is 12.1 Å². The lowest BCUT2D eigenvalue weighted by Gasteiger charge is -2.25. The van der Waals surface area contributed by atoms with Gasteiger partial charge in [-0.25, -0.2) is 23.7 Å². The Kier molecular flexibility index (Phi) is 7.09. The number of imidazole rings is 2. The van der Waals surface area contributed by atoms with Crippen LogP contribution in [-0.4, -0.2) is 59.1 Å². The third-order valence-corrected chi connectivity index (χ3v) is 8.52. The molecule has 4 amide bonds. The van der Waals surface area contributed by atoms with E-state index in [1.807, 2.05) is 0 Å². The van der Waals surface area contributed by atoms with Crippen LogP contribution in [0, 0.1) is 0 Å². The normalized spacial score (nSPS) is 18.5. The van der Waals surface area contributed by atoms with Crippen molar-refractivity contribution in [2.45, 2.75) is 11.8 Å². The molecule has 0 saturated heterocycles. The van der Waals surface area contributed by atoms with Crippen molar-refractivity contribution in [1.29, 1.82) is 0 Å². The van der Waals surface area contributed by atoms with E-state index >= 15 is 0 Å². The first kappa shape index (κ1) is 30.7. The highest BCUT2D eigenvalue weighted by Crippen LogP contribution is 2.50. The maximum atomic E-state index is 14.5. The minimum absolute atomic E-state index is 0.104. The second-order valence-electron chi connectivity index (χ2n) is 11.0. The smallest absolute Gasteiger partial charge is 0.348 e. The van der Waals surface area contributed by atoms with Crippen LogP contribution in [0.5, 0.6) is 11.8 Å². The van der Waals surface area contributed by atoms with Crippen molar-refractivity contribution in [3.63, 3.8) is 0 Å². The molecule has 50 heavy (non-hydrogen) atoms. The number of benzene rings is 3. The molecule has 5 aromatic rings. The van der Waals surface area contributed by atoms with E-state index in [1.54, 1.807) is 72.8 Å². The molecule has 2 aromatic heterocycles. The van der Waals surface area contributed by atoms with E-state index in [0.717, 1.165) is 9.13 Å². The number of rotatable bonds is 4. The Bertz CT molecular complexity index is 2410. The summed E-state index contributed by atoms with van der Waals surface area (Å²) in [6, 6.07) is 17.6. The van der Waals surface area contributed by atoms with Crippen molar-refractivity contribution in [3.05, 3.63) is 105 Å². The van der Waals surface area contributed by atoms with E-state index in [4.69, 9.17) is 23.2 Å². The summed E-state index contributed by atoms with van der Waals surface area (Å²) < 4.78 is 2.13. The maximum Gasteiger partial charge on any atom is 0.348 e. The lowest BCUT2D eigenvalue weighted by molar-refractivity contribution is 0.0918. The van der Waals surface area contributed by atoms with Gasteiger partial charge in [0.05, 0.1) is 0 Å². The summed E-state index contributed by atoms with van der Waals surface area (Å²) in [5, 5.41) is 44.4. The highest BCUT2D eigenvalue weighted by Gasteiger charge is 2.57. The van der Waals surface area contributed by atoms with Crippen molar-refractivity contribution < 1.29 is 24.6 Å². The van der Waals surface area contributed by atoms with E-state index in [2.05, 4.69) is 51.0 Å². The summed E-state index contributed by atoms with van der Waals surface area (Å²) >= 11 is 11.9. The van der Waals surface area contributed by atoms with Gasteiger partial charge in [0.2, 0.25) is 11.7 Å². The molecule has 4 heterocycles. The molecule has 3 aromatic carbocycles. The van der Waals surface area contributed by atoms with E-state index in [9.17, 15) is 24.6 Å². The number of carbonyl (C=O) groups excluding carboxylic acids is 3. The lowest BCUT2D eigenvalue weighted by Crippen LogP contribution is -2.39. The van der Waals surface area contributed by atoms with Crippen LogP contribution in [-0.2, 0) is 11.8 Å². The Hall–Kier alpha value is -6.59. The zero-order valence-corrected chi connectivity index (χ0v) is 26.5. The standard InChI is InChI=1S/C31H18Cl2N12O5/c32-15-5-9-17(10-6-15)34-29(49)38-27-41-40-22-23(47)37-25(44(22)27)31(13-14-3-1-2-4-19(14)21(31)46)20-24(48)45-26(36-20)42-43-28(45)39-30(50)35-18-11-7-16(33)8-12-18/h1-12,47-48H,13H2,(H,34,49)(H,35,50)/b38-27+,39-28+. The van der Waals surface area contributed by atoms with Crippen molar-refractivity contribution >= 4 is 76.1 Å². The number of halogens is 2. The summed E-state index contributed by atoms with van der Waals surface area (Å²) in [5.41, 5.74) is -0.549. The van der Waals surface area contributed by atoms with Gasteiger partial charge in [0.1, 0.15) is 16.9 Å². The van der Waals surface area contributed by atoms with Crippen LogP contribution in [0.4, 0.5) is 32.7 Å². The summed E-state index contributed by atoms with van der Waals surface area (Å²) in [6.07, 6.45) is -0.104. The third kappa shape index (κ3) is 4.91. The van der Waals surface area contributed by atoms with Gasteiger partial charge in [0.25, 0.3) is 23.7 Å². The summed E-state index contributed by atoms with van der Waals surface area (Å²) in [6.45, 7) is 0. The minimum atomic E-state index is -1.95. The number of nitrogens with one attached hydrogen (secondary N) is 2. The summed E-state index contributed by atoms with van der Waals surface area (Å²) in [4.78, 5) is 57.0. The Morgan fingerprint density at radius 1 is 0.760 bits per heavy atom. The molecule has 0 bridgehead atoms. The molecule has 4 N–H and O–H groups in total. The number of urea groups is 2. The molecule has 1 aliphatic carbocycles. The number of fused-ring (bicyclic) bond motifs is 3. The van der Waals surface area contributed by atoms with Gasteiger partial charge in [0, 0.05) is 27.0 Å². The second kappa shape index (κ2) is 11.5. The van der Waals surface area contributed by atoms with Crippen LogP contribution < -0.4 is 10.6 Å². The Balaban J connectivity index is 1.23. The van der Waals surface area contributed by atoms with Crippen molar-refractivity contribution in [2.75, 3.05) is 10.6 Å². The predicted molar refractivity (Wildman–Crippen MR) is 179 cm³/mol. The Morgan fingerprint density at radius 2 is 1.34 bits per heavy atom. The Morgan fingerprint density at radius 3 is 1.96 bits per heavy atom. The topological polar surface area (TPSA) is 226 Å². The highest BCUT2D eigenvalue weighted by molar-refractivity contribution is 6.31. The summed E-state index contributed by atoms with van der Waals surface area (Å²) in [7, 11) is 0. The number of aromatic hydroxyl groups is 2. The van der Waals surface area contributed by atoms with Crippen LogP contribution in [0.15, 0.2) is 103 Å². The molecule has 0 saturated carbocycles. The number of anilines is 2. The van der Waals surface area contributed by atoms with Crippen LogP contribution in [0.3, 0.4) is 0 Å². The van der Waals surface area contributed by atoms with Crippen molar-refractivity contribution in [3.8, 4) is 11.8 Å². The lowest BCUT2D eigenvalue weighted by atomic mass is 9.79. The molecule has 2 aliphatic heterocycles. The zero-order valence-electron chi connectivity index (χ0n) is 25.0.